The molecule has 0 saturated carbocycles. The number of aromatic nitrogens is 1. The molecule has 1 atom stereocenters. The van der Waals surface area contributed by atoms with Crippen molar-refractivity contribution in [3.8, 4) is 23.2 Å². The van der Waals surface area contributed by atoms with Gasteiger partial charge in [0, 0.05) is 24.7 Å². The van der Waals surface area contributed by atoms with Crippen LogP contribution >= 0.6 is 0 Å². The minimum absolute atomic E-state index is 0.328. The number of carbonyl (C=O) groups excluding carboxylic acids is 1. The predicted octanol–water partition coefficient (Wildman–Crippen LogP) is 1.69. The summed E-state index contributed by atoms with van der Waals surface area (Å²) >= 11 is 0. The van der Waals surface area contributed by atoms with Gasteiger partial charge in [0.15, 0.2) is 6.19 Å². The highest BCUT2D eigenvalue weighted by atomic mass is 16.5. The number of nitriles is 1. The van der Waals surface area contributed by atoms with Gasteiger partial charge in [0.1, 0.15) is 5.69 Å². The SMILES string of the molecule is N#CN1C(=O)C2(CCNC2)Oc2ncc(-c3ccccc3)cc21. The number of nitrogens with zero attached hydrogens (tertiary/aromatic N) is 3. The summed E-state index contributed by atoms with van der Waals surface area (Å²) in [5, 5.41) is 12.6. The van der Waals surface area contributed by atoms with E-state index >= 15 is 0 Å². The van der Waals surface area contributed by atoms with E-state index in [2.05, 4.69) is 10.3 Å². The lowest BCUT2D eigenvalue weighted by Crippen LogP contribution is -2.56. The summed E-state index contributed by atoms with van der Waals surface area (Å²) in [5.74, 6) is -0.000886. The van der Waals surface area contributed by atoms with Crippen molar-refractivity contribution in [2.45, 2.75) is 12.0 Å². The molecule has 3 heterocycles. The lowest BCUT2D eigenvalue weighted by Gasteiger charge is -2.36. The van der Waals surface area contributed by atoms with E-state index in [9.17, 15) is 10.1 Å². The molecule has 1 aromatic carbocycles. The summed E-state index contributed by atoms with van der Waals surface area (Å²) in [5.41, 5.74) is 1.19. The van der Waals surface area contributed by atoms with Gasteiger partial charge in [0.05, 0.1) is 0 Å². The zero-order valence-corrected chi connectivity index (χ0v) is 12.3. The molecule has 0 bridgehead atoms. The highest BCUT2D eigenvalue weighted by Gasteiger charge is 2.51. The Bertz CT molecular complexity index is 807. The number of amides is 1. The van der Waals surface area contributed by atoms with E-state index < -0.39 is 5.60 Å². The van der Waals surface area contributed by atoms with Gasteiger partial charge in [-0.05, 0) is 18.2 Å². The molecule has 114 valence electrons. The number of hydrogen-bond acceptors (Lipinski definition) is 5. The van der Waals surface area contributed by atoms with Gasteiger partial charge >= 0.3 is 0 Å². The van der Waals surface area contributed by atoms with E-state index in [1.54, 1.807) is 12.3 Å². The van der Waals surface area contributed by atoms with Crippen LogP contribution in [0.1, 0.15) is 6.42 Å². The van der Waals surface area contributed by atoms with Gasteiger partial charge in [0.25, 0.3) is 5.91 Å². The molecule has 1 spiro atoms. The zero-order chi connectivity index (χ0) is 15.9. The molecule has 2 aliphatic heterocycles. The first-order valence-corrected chi connectivity index (χ1v) is 7.43. The average molecular weight is 306 g/mol. The molecule has 23 heavy (non-hydrogen) atoms. The maximum atomic E-state index is 12.7. The second-order valence-electron chi connectivity index (χ2n) is 5.68. The number of pyridine rings is 1. The molecule has 1 N–H and O–H groups in total. The molecule has 0 aliphatic carbocycles. The van der Waals surface area contributed by atoms with Crippen LogP contribution in [-0.4, -0.2) is 29.6 Å². The van der Waals surface area contributed by atoms with Crippen molar-refractivity contribution in [3.63, 3.8) is 0 Å². The van der Waals surface area contributed by atoms with Crippen LogP contribution in [0.4, 0.5) is 5.69 Å². The Labute approximate surface area is 133 Å². The number of rotatable bonds is 1. The minimum atomic E-state index is -1.01. The molecule has 1 saturated heterocycles. The summed E-state index contributed by atoms with van der Waals surface area (Å²) in [4.78, 5) is 18.2. The number of hydrogen-bond donors (Lipinski definition) is 1. The van der Waals surface area contributed by atoms with Crippen molar-refractivity contribution in [2.75, 3.05) is 18.0 Å². The number of nitrogens with one attached hydrogen (secondary N) is 1. The van der Waals surface area contributed by atoms with Crippen LogP contribution in [0.3, 0.4) is 0 Å². The Morgan fingerprint density at radius 1 is 1.30 bits per heavy atom. The van der Waals surface area contributed by atoms with Crippen LogP contribution in [0.25, 0.3) is 11.1 Å². The van der Waals surface area contributed by atoms with Gasteiger partial charge in [-0.2, -0.15) is 5.26 Å². The highest BCUT2D eigenvalue weighted by molar-refractivity contribution is 6.05. The summed E-state index contributed by atoms with van der Waals surface area (Å²) in [6.45, 7) is 1.08. The number of ether oxygens (including phenoxy) is 1. The molecule has 2 aromatic rings. The zero-order valence-electron chi connectivity index (χ0n) is 12.3. The average Bonchev–Trinajstić information content (AvgIpc) is 3.06. The summed E-state index contributed by atoms with van der Waals surface area (Å²) in [7, 11) is 0. The van der Waals surface area contributed by atoms with E-state index in [1.807, 2.05) is 36.5 Å². The summed E-state index contributed by atoms with van der Waals surface area (Å²) in [6.07, 6.45) is 4.21. The molecular formula is C17H14N4O2. The first kappa shape index (κ1) is 13.7. The molecule has 6 heteroatoms. The molecule has 6 nitrogen and oxygen atoms in total. The van der Waals surface area contributed by atoms with Crippen LogP contribution in [-0.2, 0) is 4.79 Å². The van der Waals surface area contributed by atoms with Crippen molar-refractivity contribution in [2.24, 2.45) is 0 Å². The van der Waals surface area contributed by atoms with Crippen molar-refractivity contribution >= 4 is 11.6 Å². The second-order valence-corrected chi connectivity index (χ2v) is 5.68. The van der Waals surface area contributed by atoms with Crippen molar-refractivity contribution in [1.82, 2.24) is 10.3 Å². The normalized spacial score (nSPS) is 22.6. The lowest BCUT2D eigenvalue weighted by atomic mass is 9.98. The molecule has 1 amide bonds. The Morgan fingerprint density at radius 2 is 2.13 bits per heavy atom. The van der Waals surface area contributed by atoms with E-state index in [4.69, 9.17) is 4.74 Å². The third-order valence-corrected chi connectivity index (χ3v) is 4.28. The van der Waals surface area contributed by atoms with Gasteiger partial charge in [-0.3, -0.25) is 4.79 Å². The summed E-state index contributed by atoms with van der Waals surface area (Å²) < 4.78 is 5.90. The van der Waals surface area contributed by atoms with Crippen LogP contribution in [0.15, 0.2) is 42.6 Å². The maximum Gasteiger partial charge on any atom is 0.286 e. The fourth-order valence-electron chi connectivity index (χ4n) is 3.05. The maximum absolute atomic E-state index is 12.7. The predicted molar refractivity (Wildman–Crippen MR) is 83.6 cm³/mol. The standard InChI is InChI=1S/C17H14N4O2/c18-11-21-14-8-13(12-4-2-1-3-5-12)9-20-15(14)23-17(16(21)22)6-7-19-10-17/h1-5,8-9,19H,6-7,10H2. The summed E-state index contributed by atoms with van der Waals surface area (Å²) in [6, 6.07) is 11.5. The smallest absolute Gasteiger partial charge is 0.286 e. The molecule has 2 aliphatic rings. The van der Waals surface area contributed by atoms with Gasteiger partial charge in [-0.25, -0.2) is 9.88 Å². The monoisotopic (exact) mass is 306 g/mol. The third kappa shape index (κ3) is 2.05. The van der Waals surface area contributed by atoms with Crippen molar-refractivity contribution < 1.29 is 9.53 Å². The van der Waals surface area contributed by atoms with Gasteiger partial charge in [-0.1, -0.05) is 30.3 Å². The molecule has 1 fully saturated rings. The van der Waals surface area contributed by atoms with E-state index in [0.717, 1.165) is 16.0 Å². The van der Waals surface area contributed by atoms with Crippen LogP contribution in [0.2, 0.25) is 0 Å². The first-order valence-electron chi connectivity index (χ1n) is 7.43. The molecular weight excluding hydrogens is 292 g/mol. The van der Waals surface area contributed by atoms with Crippen LogP contribution < -0.4 is 15.0 Å². The Kier molecular flexibility index (Phi) is 3.03. The Morgan fingerprint density at radius 3 is 2.83 bits per heavy atom. The quantitative estimate of drug-likeness (QED) is 0.811. The van der Waals surface area contributed by atoms with E-state index in [-0.39, 0.29) is 5.91 Å². The molecule has 1 aromatic heterocycles. The second kappa shape index (κ2) is 5.07. The molecule has 4 rings (SSSR count). The number of anilines is 1. The number of benzene rings is 1. The van der Waals surface area contributed by atoms with Gasteiger partial charge in [0.2, 0.25) is 11.5 Å². The van der Waals surface area contributed by atoms with Gasteiger partial charge in [-0.15, -0.1) is 0 Å². The number of carbonyl (C=O) groups is 1. The largest absolute Gasteiger partial charge is 0.458 e. The molecule has 1 unspecified atom stereocenters. The lowest BCUT2D eigenvalue weighted by molar-refractivity contribution is -0.133. The topological polar surface area (TPSA) is 78.2 Å². The highest BCUT2D eigenvalue weighted by Crippen LogP contribution is 2.40. The van der Waals surface area contributed by atoms with Gasteiger partial charge < -0.3 is 10.1 Å². The Balaban J connectivity index is 1.81. The van der Waals surface area contributed by atoms with E-state index in [0.29, 0.717) is 31.1 Å². The van der Waals surface area contributed by atoms with Crippen molar-refractivity contribution in [1.29, 1.82) is 5.26 Å². The number of fused-ring (bicyclic) bond motifs is 1. The third-order valence-electron chi connectivity index (χ3n) is 4.28. The first-order chi connectivity index (χ1) is 11.2. The van der Waals surface area contributed by atoms with E-state index in [1.165, 1.54) is 0 Å². The fraction of sp³-hybridized carbons (Fsp3) is 0.235. The fourth-order valence-corrected chi connectivity index (χ4v) is 3.05. The Hall–Kier alpha value is -2.91. The van der Waals surface area contributed by atoms with Crippen molar-refractivity contribution in [3.05, 3.63) is 42.6 Å². The van der Waals surface area contributed by atoms with Crippen LogP contribution in [0, 0.1) is 11.5 Å². The van der Waals surface area contributed by atoms with Crippen LogP contribution in [0.5, 0.6) is 5.88 Å². The molecule has 0 radical (unpaired) electrons. The minimum Gasteiger partial charge on any atom is -0.458 e.